The van der Waals surface area contributed by atoms with Crippen LogP contribution in [0, 0.1) is 15.9 Å². The summed E-state index contributed by atoms with van der Waals surface area (Å²) in [4.78, 5) is 22.1. The Morgan fingerprint density at radius 1 is 1.55 bits per heavy atom. The highest BCUT2D eigenvalue weighted by molar-refractivity contribution is 5.95. The van der Waals surface area contributed by atoms with E-state index in [4.69, 9.17) is 0 Å². The van der Waals surface area contributed by atoms with Crippen molar-refractivity contribution in [3.05, 3.63) is 39.7 Å². The summed E-state index contributed by atoms with van der Waals surface area (Å²) in [5.41, 5.74) is -0.594. The van der Waals surface area contributed by atoms with Gasteiger partial charge in [0.05, 0.1) is 10.5 Å². The number of halogens is 1. The van der Waals surface area contributed by atoms with E-state index in [2.05, 4.69) is 10.6 Å². The Hall–Kier alpha value is -2.02. The molecule has 0 radical (unpaired) electrons. The first-order chi connectivity index (χ1) is 9.49. The van der Waals surface area contributed by atoms with Crippen molar-refractivity contribution in [3.63, 3.8) is 0 Å². The van der Waals surface area contributed by atoms with Crippen molar-refractivity contribution in [2.45, 2.75) is 31.8 Å². The smallest absolute Gasteiger partial charge is 0.270 e. The maximum Gasteiger partial charge on any atom is 0.270 e. The molecule has 1 aromatic carbocycles. The Bertz CT molecular complexity index is 536. The lowest BCUT2D eigenvalue weighted by Crippen LogP contribution is -2.52. The van der Waals surface area contributed by atoms with E-state index < -0.39 is 16.6 Å². The summed E-state index contributed by atoms with van der Waals surface area (Å²) in [5, 5.41) is 16.6. The number of non-ortho nitro benzene ring substituents is 1. The van der Waals surface area contributed by atoms with Gasteiger partial charge in [-0.1, -0.05) is 0 Å². The summed E-state index contributed by atoms with van der Waals surface area (Å²) < 4.78 is 13.6. The van der Waals surface area contributed by atoms with Crippen molar-refractivity contribution in [3.8, 4) is 0 Å². The van der Waals surface area contributed by atoms with E-state index in [1.54, 1.807) is 0 Å². The van der Waals surface area contributed by atoms with Gasteiger partial charge in [-0.15, -0.1) is 0 Å². The van der Waals surface area contributed by atoms with Gasteiger partial charge in [0, 0.05) is 24.2 Å². The predicted octanol–water partition coefficient (Wildman–Crippen LogP) is 1.60. The summed E-state index contributed by atoms with van der Waals surface area (Å²) in [6.45, 7) is 2.83. The number of amides is 1. The van der Waals surface area contributed by atoms with Gasteiger partial charge in [-0.2, -0.15) is 0 Å². The van der Waals surface area contributed by atoms with Gasteiger partial charge < -0.3 is 10.6 Å². The highest BCUT2D eigenvalue weighted by atomic mass is 19.1. The maximum atomic E-state index is 13.6. The Balaban J connectivity index is 2.16. The van der Waals surface area contributed by atoms with E-state index in [1.165, 1.54) is 0 Å². The summed E-state index contributed by atoms with van der Waals surface area (Å²) in [6.07, 6.45) is 1.73. The minimum Gasteiger partial charge on any atom is -0.348 e. The van der Waals surface area contributed by atoms with Crippen LogP contribution in [-0.4, -0.2) is 29.5 Å². The first kappa shape index (κ1) is 14.4. The molecular formula is C13H16FN3O3. The van der Waals surface area contributed by atoms with Gasteiger partial charge >= 0.3 is 0 Å². The molecule has 0 aliphatic carbocycles. The molecule has 2 unspecified atom stereocenters. The van der Waals surface area contributed by atoms with Crippen molar-refractivity contribution in [1.29, 1.82) is 0 Å². The number of carbonyl (C=O) groups excluding carboxylic acids is 1. The molecule has 0 spiro atoms. The molecule has 2 atom stereocenters. The molecule has 0 aromatic heterocycles. The lowest BCUT2D eigenvalue weighted by atomic mass is 9.99. The predicted molar refractivity (Wildman–Crippen MR) is 71.0 cm³/mol. The van der Waals surface area contributed by atoms with Crippen LogP contribution in [0.1, 0.15) is 30.1 Å². The van der Waals surface area contributed by atoms with Crippen molar-refractivity contribution < 1.29 is 14.1 Å². The molecule has 1 heterocycles. The summed E-state index contributed by atoms with van der Waals surface area (Å²) >= 11 is 0. The third-order valence-corrected chi connectivity index (χ3v) is 3.48. The van der Waals surface area contributed by atoms with Crippen molar-refractivity contribution in [2.24, 2.45) is 0 Å². The molecule has 1 amide bonds. The van der Waals surface area contributed by atoms with Crippen LogP contribution in [0.3, 0.4) is 0 Å². The van der Waals surface area contributed by atoms with E-state index in [1.807, 2.05) is 6.92 Å². The van der Waals surface area contributed by atoms with Crippen LogP contribution >= 0.6 is 0 Å². The van der Waals surface area contributed by atoms with E-state index in [-0.39, 0.29) is 23.3 Å². The fraction of sp³-hybridized carbons (Fsp3) is 0.462. The topological polar surface area (TPSA) is 84.3 Å². The molecule has 1 aliphatic heterocycles. The third kappa shape index (κ3) is 3.11. The average molecular weight is 281 g/mol. The van der Waals surface area contributed by atoms with Gasteiger partial charge in [-0.25, -0.2) is 4.39 Å². The normalized spacial score (nSPS) is 22.3. The van der Waals surface area contributed by atoms with Crippen LogP contribution in [-0.2, 0) is 0 Å². The number of nitrogens with zero attached hydrogens (tertiary/aromatic N) is 1. The molecule has 1 aromatic rings. The first-order valence-electron chi connectivity index (χ1n) is 6.47. The zero-order valence-corrected chi connectivity index (χ0v) is 11.1. The Morgan fingerprint density at radius 2 is 2.30 bits per heavy atom. The fourth-order valence-electron chi connectivity index (χ4n) is 2.29. The molecule has 2 rings (SSSR count). The second-order valence-electron chi connectivity index (χ2n) is 4.89. The quantitative estimate of drug-likeness (QED) is 0.651. The molecule has 0 bridgehead atoms. The lowest BCUT2D eigenvalue weighted by molar-refractivity contribution is -0.384. The van der Waals surface area contributed by atoms with Crippen LogP contribution in [0.25, 0.3) is 0 Å². The number of benzene rings is 1. The van der Waals surface area contributed by atoms with E-state index in [0.29, 0.717) is 0 Å². The summed E-state index contributed by atoms with van der Waals surface area (Å²) in [6, 6.07) is 2.93. The number of nitro groups is 1. The molecule has 1 saturated heterocycles. The molecule has 6 nitrogen and oxygen atoms in total. The summed E-state index contributed by atoms with van der Waals surface area (Å²) in [5.74, 6) is -1.38. The lowest BCUT2D eigenvalue weighted by Gasteiger charge is -2.30. The number of carbonyl (C=O) groups is 1. The van der Waals surface area contributed by atoms with E-state index in [0.717, 1.165) is 37.6 Å². The van der Waals surface area contributed by atoms with Gasteiger partial charge in [0.2, 0.25) is 0 Å². The van der Waals surface area contributed by atoms with Crippen LogP contribution in [0.15, 0.2) is 18.2 Å². The van der Waals surface area contributed by atoms with Gasteiger partial charge in [-0.3, -0.25) is 14.9 Å². The second-order valence-corrected chi connectivity index (χ2v) is 4.89. The van der Waals surface area contributed by atoms with Crippen LogP contribution in [0.4, 0.5) is 10.1 Å². The monoisotopic (exact) mass is 281 g/mol. The zero-order chi connectivity index (χ0) is 14.7. The molecule has 0 saturated carbocycles. The van der Waals surface area contributed by atoms with E-state index >= 15 is 0 Å². The van der Waals surface area contributed by atoms with Gasteiger partial charge in [0.25, 0.3) is 11.6 Å². The van der Waals surface area contributed by atoms with Gasteiger partial charge in [-0.05, 0) is 32.4 Å². The largest absolute Gasteiger partial charge is 0.348 e. The number of hydrogen-bond donors (Lipinski definition) is 2. The van der Waals surface area contributed by atoms with Crippen molar-refractivity contribution in [1.82, 2.24) is 10.6 Å². The average Bonchev–Trinajstić information content (AvgIpc) is 2.41. The highest BCUT2D eigenvalue weighted by Crippen LogP contribution is 2.17. The van der Waals surface area contributed by atoms with Crippen LogP contribution in [0.2, 0.25) is 0 Å². The third-order valence-electron chi connectivity index (χ3n) is 3.48. The summed E-state index contributed by atoms with van der Waals surface area (Å²) in [7, 11) is 0. The number of hydrogen-bond acceptors (Lipinski definition) is 4. The fourth-order valence-corrected chi connectivity index (χ4v) is 2.29. The highest BCUT2D eigenvalue weighted by Gasteiger charge is 2.25. The van der Waals surface area contributed by atoms with Gasteiger partial charge in [0.15, 0.2) is 0 Å². The van der Waals surface area contributed by atoms with Crippen molar-refractivity contribution >= 4 is 11.6 Å². The Kier molecular flexibility index (Phi) is 4.29. The molecule has 1 fully saturated rings. The molecular weight excluding hydrogens is 265 g/mol. The Labute approximate surface area is 115 Å². The minimum absolute atomic E-state index is 0.0921. The van der Waals surface area contributed by atoms with Gasteiger partial charge in [0.1, 0.15) is 5.82 Å². The molecule has 108 valence electrons. The Morgan fingerprint density at radius 3 is 2.95 bits per heavy atom. The minimum atomic E-state index is -0.760. The van der Waals surface area contributed by atoms with Crippen LogP contribution in [0.5, 0.6) is 0 Å². The molecule has 2 N–H and O–H groups in total. The van der Waals surface area contributed by atoms with Crippen LogP contribution < -0.4 is 10.6 Å². The number of rotatable bonds is 3. The van der Waals surface area contributed by atoms with E-state index in [9.17, 15) is 19.3 Å². The number of nitrogens with one attached hydrogen (secondary N) is 2. The number of nitro benzene ring substituents is 1. The maximum absolute atomic E-state index is 13.6. The zero-order valence-electron chi connectivity index (χ0n) is 11.1. The SMILES string of the molecule is CC1NCCCC1NC(=O)c1cc([N+](=O)[O-])ccc1F. The molecule has 20 heavy (non-hydrogen) atoms. The molecule has 7 heteroatoms. The number of piperidine rings is 1. The second kappa shape index (κ2) is 5.96. The van der Waals surface area contributed by atoms with Crippen molar-refractivity contribution in [2.75, 3.05) is 6.54 Å². The first-order valence-corrected chi connectivity index (χ1v) is 6.47. The molecule has 1 aliphatic rings. The standard InChI is InChI=1S/C13H16FN3O3/c1-8-12(3-2-6-15-8)16-13(18)10-7-9(17(19)20)4-5-11(10)14/h4-5,7-8,12,15H,2-3,6H2,1H3,(H,16,18).